The summed E-state index contributed by atoms with van der Waals surface area (Å²) >= 11 is 0. The van der Waals surface area contributed by atoms with Crippen molar-refractivity contribution in [2.45, 2.75) is 13.1 Å². The summed E-state index contributed by atoms with van der Waals surface area (Å²) in [5.74, 6) is 0.796. The second-order valence-corrected chi connectivity index (χ2v) is 8.48. The van der Waals surface area contributed by atoms with Crippen LogP contribution in [0.3, 0.4) is 0 Å². The van der Waals surface area contributed by atoms with Gasteiger partial charge in [-0.3, -0.25) is 0 Å². The van der Waals surface area contributed by atoms with E-state index in [0.29, 0.717) is 5.71 Å². The van der Waals surface area contributed by atoms with Crippen LogP contribution in [0.1, 0.15) is 22.4 Å². The van der Waals surface area contributed by atoms with Gasteiger partial charge in [0.25, 0.3) is 0 Å². The number of aromatic nitrogens is 2. The summed E-state index contributed by atoms with van der Waals surface area (Å²) in [5.41, 5.74) is 16.8. The van der Waals surface area contributed by atoms with Crippen LogP contribution in [0.5, 0.6) is 0 Å². The molecule has 5 N–H and O–H groups in total. The summed E-state index contributed by atoms with van der Waals surface area (Å²) in [6.45, 7) is 1.49. The topological polar surface area (TPSA) is 109 Å². The van der Waals surface area contributed by atoms with E-state index in [0.717, 1.165) is 41.1 Å². The Labute approximate surface area is 209 Å². The Kier molecular flexibility index (Phi) is 6.71. The number of nitrogens with zero attached hydrogens (tertiary/aromatic N) is 4. The van der Waals surface area contributed by atoms with Crippen LogP contribution in [-0.2, 0) is 13.1 Å². The van der Waals surface area contributed by atoms with Crippen molar-refractivity contribution in [3.05, 3.63) is 132 Å². The Hall–Kier alpha value is -4.91. The number of hydrogen-bond acceptors (Lipinski definition) is 4. The van der Waals surface area contributed by atoms with Crippen molar-refractivity contribution in [3.8, 4) is 0 Å². The van der Waals surface area contributed by atoms with Crippen LogP contribution < -0.4 is 16.4 Å². The molecule has 7 heteroatoms. The molecule has 3 aromatic carbocycles. The lowest BCUT2D eigenvalue weighted by molar-refractivity contribution is 0.785. The number of H-pyrrole nitrogens is 1. The minimum absolute atomic E-state index is 0.0963. The van der Waals surface area contributed by atoms with Gasteiger partial charge >= 0.3 is 0 Å². The third-order valence-corrected chi connectivity index (χ3v) is 5.82. The molecule has 0 saturated heterocycles. The molecule has 5 aromatic rings. The number of nitrogens with two attached hydrogens (primary N) is 2. The highest BCUT2D eigenvalue weighted by atomic mass is 15.3. The largest absolute Gasteiger partial charge is 0.369 e. The fourth-order valence-electron chi connectivity index (χ4n) is 4.12. The summed E-state index contributed by atoms with van der Waals surface area (Å²) in [6, 6.07) is 34.8. The Bertz CT molecular complexity index is 1450. The van der Waals surface area contributed by atoms with Crippen LogP contribution in [0.25, 0.3) is 10.9 Å². The maximum absolute atomic E-state index is 5.55. The van der Waals surface area contributed by atoms with Crippen LogP contribution in [-0.4, -0.2) is 21.6 Å². The number of pyridine rings is 1. The Morgan fingerprint density at radius 2 is 1.33 bits per heavy atom. The van der Waals surface area contributed by atoms with Gasteiger partial charge in [-0.2, -0.15) is 0 Å². The molecule has 0 amide bonds. The molecule has 0 spiro atoms. The average Bonchev–Trinajstić information content (AvgIpc) is 3.33. The van der Waals surface area contributed by atoms with Crippen LogP contribution in [0.15, 0.2) is 120 Å². The molecule has 7 nitrogen and oxygen atoms in total. The van der Waals surface area contributed by atoms with E-state index in [2.05, 4.69) is 80.8 Å². The molecule has 5 rings (SSSR count). The van der Waals surface area contributed by atoms with E-state index in [1.807, 2.05) is 48.7 Å². The standard InChI is InChI=1S/C29H27N7/c30-29(31)35-34-28(23-14-8-3-9-15-23)25-16-24-17-27(32-18-26(24)33-25)36(19-21-10-4-1-5-11-21)20-22-12-6-2-7-13-22/h1-18,33H,19-20H2,(H4,30,31,35)/b34-28+. The molecule has 0 atom stereocenters. The molecular weight excluding hydrogens is 446 g/mol. The molecular formula is C29H27N7. The van der Waals surface area contributed by atoms with E-state index in [4.69, 9.17) is 16.5 Å². The van der Waals surface area contributed by atoms with Gasteiger partial charge in [0.1, 0.15) is 11.5 Å². The van der Waals surface area contributed by atoms with Crippen molar-refractivity contribution >= 4 is 28.4 Å². The van der Waals surface area contributed by atoms with E-state index in [1.165, 1.54) is 11.1 Å². The lowest BCUT2D eigenvalue weighted by Gasteiger charge is -2.24. The number of fused-ring (bicyclic) bond motifs is 1. The zero-order valence-electron chi connectivity index (χ0n) is 19.8. The highest BCUT2D eigenvalue weighted by molar-refractivity contribution is 6.13. The summed E-state index contributed by atoms with van der Waals surface area (Å²) in [5, 5.41) is 9.25. The third-order valence-electron chi connectivity index (χ3n) is 5.82. The Morgan fingerprint density at radius 1 is 0.750 bits per heavy atom. The Balaban J connectivity index is 1.53. The van der Waals surface area contributed by atoms with Gasteiger partial charge < -0.3 is 21.4 Å². The maximum atomic E-state index is 5.55. The number of benzene rings is 3. The summed E-state index contributed by atoms with van der Waals surface area (Å²) in [6.07, 6.45) is 1.86. The summed E-state index contributed by atoms with van der Waals surface area (Å²) in [4.78, 5) is 10.5. The first-order chi connectivity index (χ1) is 17.7. The minimum atomic E-state index is -0.0963. The first-order valence-corrected chi connectivity index (χ1v) is 11.7. The van der Waals surface area contributed by atoms with E-state index < -0.39 is 0 Å². The van der Waals surface area contributed by atoms with Crippen molar-refractivity contribution in [1.82, 2.24) is 9.97 Å². The first-order valence-electron chi connectivity index (χ1n) is 11.7. The predicted octanol–water partition coefficient (Wildman–Crippen LogP) is 4.80. The molecule has 0 saturated carbocycles. The molecule has 0 radical (unpaired) electrons. The van der Waals surface area contributed by atoms with Crippen LogP contribution >= 0.6 is 0 Å². The fourth-order valence-corrected chi connectivity index (χ4v) is 4.12. The van der Waals surface area contributed by atoms with E-state index in [9.17, 15) is 0 Å². The van der Waals surface area contributed by atoms with Gasteiger partial charge in [0, 0.05) is 24.0 Å². The normalized spacial score (nSPS) is 11.4. The number of rotatable bonds is 8. The maximum Gasteiger partial charge on any atom is 0.211 e. The third kappa shape index (κ3) is 5.42. The summed E-state index contributed by atoms with van der Waals surface area (Å²) in [7, 11) is 0. The van der Waals surface area contributed by atoms with Crippen LogP contribution in [0, 0.1) is 0 Å². The Morgan fingerprint density at radius 3 is 1.92 bits per heavy atom. The van der Waals surface area contributed by atoms with Gasteiger partial charge in [-0.25, -0.2) is 4.98 Å². The zero-order chi connectivity index (χ0) is 24.7. The van der Waals surface area contributed by atoms with Gasteiger partial charge in [-0.05, 0) is 23.3 Å². The monoisotopic (exact) mass is 473 g/mol. The predicted molar refractivity (Wildman–Crippen MR) is 147 cm³/mol. The van der Waals surface area contributed by atoms with Crippen molar-refractivity contribution in [2.24, 2.45) is 21.7 Å². The molecule has 0 aliphatic heterocycles. The average molecular weight is 474 g/mol. The van der Waals surface area contributed by atoms with Gasteiger partial charge in [0.05, 0.1) is 17.4 Å². The van der Waals surface area contributed by atoms with Crippen LogP contribution in [0.2, 0.25) is 0 Å². The second kappa shape index (κ2) is 10.6. The highest BCUT2D eigenvalue weighted by Crippen LogP contribution is 2.25. The van der Waals surface area contributed by atoms with Gasteiger partial charge in [-0.15, -0.1) is 10.2 Å². The quantitative estimate of drug-likeness (QED) is 0.171. The molecule has 0 bridgehead atoms. The molecule has 2 aromatic heterocycles. The fraction of sp³-hybridized carbons (Fsp3) is 0.0690. The van der Waals surface area contributed by atoms with Crippen molar-refractivity contribution in [3.63, 3.8) is 0 Å². The van der Waals surface area contributed by atoms with Gasteiger partial charge in [0.2, 0.25) is 5.96 Å². The molecule has 0 aliphatic carbocycles. The van der Waals surface area contributed by atoms with E-state index >= 15 is 0 Å². The van der Waals surface area contributed by atoms with E-state index in [-0.39, 0.29) is 5.96 Å². The van der Waals surface area contributed by atoms with Crippen molar-refractivity contribution in [2.75, 3.05) is 4.90 Å². The van der Waals surface area contributed by atoms with Crippen molar-refractivity contribution in [1.29, 1.82) is 0 Å². The lowest BCUT2D eigenvalue weighted by Crippen LogP contribution is -2.23. The number of aromatic amines is 1. The van der Waals surface area contributed by atoms with Gasteiger partial charge in [0.15, 0.2) is 0 Å². The second-order valence-electron chi connectivity index (χ2n) is 8.48. The van der Waals surface area contributed by atoms with E-state index in [1.54, 1.807) is 0 Å². The number of nitrogens with one attached hydrogen (secondary N) is 1. The SMILES string of the molecule is NC(N)=N/N=C(\c1ccccc1)c1cc2cc(N(Cc3ccccc3)Cc3ccccc3)ncc2[nH]1. The molecule has 178 valence electrons. The first kappa shape index (κ1) is 22.9. The molecule has 0 aliphatic rings. The van der Waals surface area contributed by atoms with Gasteiger partial charge in [-0.1, -0.05) is 91.0 Å². The molecule has 0 unspecified atom stereocenters. The highest BCUT2D eigenvalue weighted by Gasteiger charge is 2.15. The number of hydrogen-bond donors (Lipinski definition) is 3. The van der Waals surface area contributed by atoms with Crippen LogP contribution in [0.4, 0.5) is 5.82 Å². The van der Waals surface area contributed by atoms with Crippen molar-refractivity contribution < 1.29 is 0 Å². The molecule has 2 heterocycles. The number of anilines is 1. The molecule has 36 heavy (non-hydrogen) atoms. The lowest BCUT2D eigenvalue weighted by atomic mass is 10.1. The zero-order valence-corrected chi connectivity index (χ0v) is 19.8. The minimum Gasteiger partial charge on any atom is -0.369 e. The number of guanidine groups is 1. The smallest absolute Gasteiger partial charge is 0.211 e. The summed E-state index contributed by atoms with van der Waals surface area (Å²) < 4.78 is 0. The molecule has 0 fully saturated rings.